The van der Waals surface area contributed by atoms with E-state index in [1.807, 2.05) is 12.1 Å². The van der Waals surface area contributed by atoms with Crippen LogP contribution >= 0.6 is 0 Å². The molecule has 0 aliphatic carbocycles. The maximum Gasteiger partial charge on any atom is 0.172 e. The molecule has 0 atom stereocenters. The van der Waals surface area contributed by atoms with Crippen LogP contribution in [0.1, 0.15) is 26.3 Å². The Morgan fingerprint density at radius 3 is 2.56 bits per heavy atom. The van der Waals surface area contributed by atoms with Gasteiger partial charge in [-0.05, 0) is 29.5 Å². The Kier molecular flexibility index (Phi) is 3.03. The second-order valence-corrected chi connectivity index (χ2v) is 5.70. The van der Waals surface area contributed by atoms with Gasteiger partial charge in [0, 0.05) is 6.07 Å². The summed E-state index contributed by atoms with van der Waals surface area (Å²) in [5.74, 6) is 0.968. The summed E-state index contributed by atoms with van der Waals surface area (Å²) in [6.07, 6.45) is 0.921. The third kappa shape index (κ3) is 2.83. The Morgan fingerprint density at radius 2 is 2.00 bits per heavy atom. The van der Waals surface area contributed by atoms with Crippen LogP contribution in [0.15, 0.2) is 28.8 Å². The zero-order valence-corrected chi connectivity index (χ0v) is 10.9. The number of aromatic hydroxyl groups is 1. The molecular formula is C14H18N2O2. The number of aromatic nitrogens is 1. The predicted octanol–water partition coefficient (Wildman–Crippen LogP) is 3.22. The van der Waals surface area contributed by atoms with Crippen LogP contribution in [-0.2, 0) is 6.42 Å². The quantitative estimate of drug-likeness (QED) is 0.853. The number of nitrogens with zero attached hydrogens (tertiary/aromatic N) is 1. The van der Waals surface area contributed by atoms with Crippen molar-refractivity contribution in [1.82, 2.24) is 5.16 Å². The Hall–Kier alpha value is -1.97. The first-order chi connectivity index (χ1) is 8.35. The van der Waals surface area contributed by atoms with Gasteiger partial charge in [-0.1, -0.05) is 32.0 Å². The lowest BCUT2D eigenvalue weighted by Crippen LogP contribution is -2.09. The van der Waals surface area contributed by atoms with Gasteiger partial charge >= 0.3 is 0 Å². The van der Waals surface area contributed by atoms with Crippen LogP contribution in [0.25, 0.3) is 11.3 Å². The van der Waals surface area contributed by atoms with Crippen molar-refractivity contribution in [3.8, 4) is 17.1 Å². The van der Waals surface area contributed by atoms with Crippen LogP contribution in [0.3, 0.4) is 0 Å². The van der Waals surface area contributed by atoms with E-state index in [4.69, 9.17) is 10.3 Å². The Bertz CT molecular complexity index is 553. The van der Waals surface area contributed by atoms with E-state index < -0.39 is 0 Å². The maximum atomic E-state index is 9.87. The fourth-order valence-corrected chi connectivity index (χ4v) is 1.92. The normalized spacial score (nSPS) is 11.7. The molecule has 3 N–H and O–H groups in total. The lowest BCUT2D eigenvalue weighted by atomic mass is 9.87. The minimum Gasteiger partial charge on any atom is -0.507 e. The van der Waals surface area contributed by atoms with E-state index in [9.17, 15) is 5.11 Å². The minimum atomic E-state index is 0.170. The highest BCUT2D eigenvalue weighted by molar-refractivity contribution is 5.67. The second-order valence-electron chi connectivity index (χ2n) is 5.70. The number of hydrogen-bond donors (Lipinski definition) is 2. The lowest BCUT2D eigenvalue weighted by Gasteiger charge is -2.18. The highest BCUT2D eigenvalue weighted by Crippen LogP contribution is 2.32. The molecule has 1 aromatic heterocycles. The van der Waals surface area contributed by atoms with Crippen molar-refractivity contribution in [2.75, 3.05) is 5.73 Å². The van der Waals surface area contributed by atoms with Gasteiger partial charge < -0.3 is 15.4 Å². The lowest BCUT2D eigenvalue weighted by molar-refractivity contribution is 0.409. The number of nitrogens with two attached hydrogens (primary N) is 1. The van der Waals surface area contributed by atoms with Gasteiger partial charge in [0.1, 0.15) is 5.75 Å². The SMILES string of the molecule is CC(C)(C)Cc1ccc(O)c(-c2cc(N)no2)c1. The average molecular weight is 246 g/mol. The van der Waals surface area contributed by atoms with Crippen molar-refractivity contribution in [3.63, 3.8) is 0 Å². The zero-order chi connectivity index (χ0) is 13.3. The first-order valence-electron chi connectivity index (χ1n) is 5.90. The summed E-state index contributed by atoms with van der Waals surface area (Å²) < 4.78 is 5.08. The van der Waals surface area contributed by atoms with E-state index in [0.717, 1.165) is 12.0 Å². The molecule has 18 heavy (non-hydrogen) atoms. The molecule has 0 radical (unpaired) electrons. The van der Waals surface area contributed by atoms with Gasteiger partial charge in [-0.2, -0.15) is 0 Å². The number of hydrogen-bond acceptors (Lipinski definition) is 4. The molecule has 0 amide bonds. The van der Waals surface area contributed by atoms with Gasteiger partial charge in [0.2, 0.25) is 0 Å². The van der Waals surface area contributed by atoms with Crippen LogP contribution in [0.4, 0.5) is 5.82 Å². The molecule has 0 spiro atoms. The highest BCUT2D eigenvalue weighted by atomic mass is 16.5. The predicted molar refractivity (Wildman–Crippen MR) is 71.2 cm³/mol. The molecule has 1 aromatic carbocycles. The fraction of sp³-hybridized carbons (Fsp3) is 0.357. The largest absolute Gasteiger partial charge is 0.507 e. The molecule has 2 aromatic rings. The van der Waals surface area contributed by atoms with E-state index in [1.54, 1.807) is 12.1 Å². The Morgan fingerprint density at radius 1 is 1.28 bits per heavy atom. The van der Waals surface area contributed by atoms with Crippen molar-refractivity contribution in [2.24, 2.45) is 5.41 Å². The van der Waals surface area contributed by atoms with Crippen LogP contribution in [0.2, 0.25) is 0 Å². The third-order valence-corrected chi connectivity index (χ3v) is 2.59. The molecule has 0 saturated carbocycles. The summed E-state index contributed by atoms with van der Waals surface area (Å²) in [5.41, 5.74) is 7.48. The van der Waals surface area contributed by atoms with Crippen molar-refractivity contribution >= 4 is 5.82 Å². The minimum absolute atomic E-state index is 0.170. The molecular weight excluding hydrogens is 228 g/mol. The van der Waals surface area contributed by atoms with Gasteiger partial charge in [0.15, 0.2) is 11.6 Å². The van der Waals surface area contributed by atoms with E-state index in [-0.39, 0.29) is 11.2 Å². The molecule has 2 rings (SSSR count). The average Bonchev–Trinajstić information content (AvgIpc) is 2.66. The fourth-order valence-electron chi connectivity index (χ4n) is 1.92. The first-order valence-corrected chi connectivity index (χ1v) is 5.90. The Balaban J connectivity index is 2.39. The van der Waals surface area contributed by atoms with E-state index in [1.165, 1.54) is 0 Å². The van der Waals surface area contributed by atoms with Crippen molar-refractivity contribution in [1.29, 1.82) is 0 Å². The van der Waals surface area contributed by atoms with Gasteiger partial charge in [0.05, 0.1) is 5.56 Å². The molecule has 0 aliphatic rings. The number of nitrogen functional groups attached to an aromatic ring is 1. The van der Waals surface area contributed by atoms with Crippen molar-refractivity contribution in [2.45, 2.75) is 27.2 Å². The number of rotatable bonds is 2. The van der Waals surface area contributed by atoms with Crippen LogP contribution < -0.4 is 5.73 Å². The zero-order valence-electron chi connectivity index (χ0n) is 10.9. The molecule has 1 heterocycles. The molecule has 0 saturated heterocycles. The number of anilines is 1. The van der Waals surface area contributed by atoms with Crippen LogP contribution in [0.5, 0.6) is 5.75 Å². The van der Waals surface area contributed by atoms with Gasteiger partial charge in [-0.3, -0.25) is 0 Å². The smallest absolute Gasteiger partial charge is 0.172 e. The summed E-state index contributed by atoms with van der Waals surface area (Å²) in [5, 5.41) is 13.5. The third-order valence-electron chi connectivity index (χ3n) is 2.59. The number of phenols is 1. The topological polar surface area (TPSA) is 72.3 Å². The van der Waals surface area contributed by atoms with Crippen LogP contribution in [0, 0.1) is 5.41 Å². The summed E-state index contributed by atoms with van der Waals surface area (Å²) in [6, 6.07) is 7.12. The summed E-state index contributed by atoms with van der Waals surface area (Å²) >= 11 is 0. The van der Waals surface area contributed by atoms with Crippen molar-refractivity contribution < 1.29 is 9.63 Å². The molecule has 96 valence electrons. The molecule has 4 heteroatoms. The standard InChI is InChI=1S/C14H18N2O2/c1-14(2,3)8-9-4-5-11(17)10(6-9)12-7-13(15)16-18-12/h4-7,17H,8H2,1-3H3,(H2,15,16). The van der Waals surface area contributed by atoms with E-state index >= 15 is 0 Å². The summed E-state index contributed by atoms with van der Waals surface area (Å²) in [7, 11) is 0. The molecule has 0 fully saturated rings. The number of benzene rings is 1. The monoisotopic (exact) mass is 246 g/mol. The van der Waals surface area contributed by atoms with E-state index in [2.05, 4.69) is 25.9 Å². The summed E-state index contributed by atoms with van der Waals surface area (Å²) in [4.78, 5) is 0. The van der Waals surface area contributed by atoms with Gasteiger partial charge in [0.25, 0.3) is 0 Å². The van der Waals surface area contributed by atoms with Gasteiger partial charge in [-0.15, -0.1) is 0 Å². The Labute approximate surface area is 106 Å². The number of phenolic OH excluding ortho intramolecular Hbond substituents is 1. The van der Waals surface area contributed by atoms with Crippen LogP contribution in [-0.4, -0.2) is 10.3 Å². The first kappa shape index (κ1) is 12.5. The maximum absolute atomic E-state index is 9.87. The molecule has 0 aliphatic heterocycles. The molecule has 4 nitrogen and oxygen atoms in total. The molecule has 0 unspecified atom stereocenters. The van der Waals surface area contributed by atoms with E-state index in [0.29, 0.717) is 17.1 Å². The summed E-state index contributed by atoms with van der Waals surface area (Å²) in [6.45, 7) is 6.52. The molecule has 0 bridgehead atoms. The van der Waals surface area contributed by atoms with Crippen molar-refractivity contribution in [3.05, 3.63) is 29.8 Å². The highest BCUT2D eigenvalue weighted by Gasteiger charge is 2.15. The van der Waals surface area contributed by atoms with Gasteiger partial charge in [-0.25, -0.2) is 0 Å². The second kappa shape index (κ2) is 4.37.